The molecule has 0 bridgehead atoms. The number of carbonyl (C=O) groups is 1. The summed E-state index contributed by atoms with van der Waals surface area (Å²) in [6, 6.07) is 7.77. The first-order valence-corrected chi connectivity index (χ1v) is 11.7. The van der Waals surface area contributed by atoms with Crippen molar-refractivity contribution in [3.05, 3.63) is 42.0 Å². The first kappa shape index (κ1) is 20.9. The van der Waals surface area contributed by atoms with Crippen LogP contribution in [-0.4, -0.2) is 50.6 Å². The number of hydrogen-bond donors (Lipinski definition) is 1. The molecule has 1 aromatic carbocycles. The van der Waals surface area contributed by atoms with Crippen LogP contribution in [0.3, 0.4) is 0 Å². The van der Waals surface area contributed by atoms with Crippen molar-refractivity contribution in [2.75, 3.05) is 32.0 Å². The van der Waals surface area contributed by atoms with Crippen LogP contribution in [-0.2, 0) is 21.2 Å². The van der Waals surface area contributed by atoms with Crippen LogP contribution in [0.4, 0.5) is 0 Å². The summed E-state index contributed by atoms with van der Waals surface area (Å²) >= 11 is 0. The van der Waals surface area contributed by atoms with Crippen LogP contribution in [0.2, 0.25) is 0 Å². The third kappa shape index (κ3) is 5.14. The van der Waals surface area contributed by atoms with E-state index in [0.29, 0.717) is 26.1 Å². The Labute approximate surface area is 168 Å². The maximum absolute atomic E-state index is 12.4. The lowest BCUT2D eigenvalue weighted by Gasteiger charge is -2.41. The Morgan fingerprint density at radius 3 is 2.68 bits per heavy atom. The summed E-state index contributed by atoms with van der Waals surface area (Å²) in [5.41, 5.74) is 0.949. The van der Waals surface area contributed by atoms with E-state index in [4.69, 9.17) is 4.74 Å². The number of amides is 1. The molecular weight excluding hydrogens is 376 g/mol. The van der Waals surface area contributed by atoms with Crippen LogP contribution in [0.15, 0.2) is 36.4 Å². The normalized spacial score (nSPS) is 22.2. The summed E-state index contributed by atoms with van der Waals surface area (Å²) in [6.45, 7) is 3.46. The van der Waals surface area contributed by atoms with Gasteiger partial charge in [-0.05, 0) is 49.1 Å². The van der Waals surface area contributed by atoms with Gasteiger partial charge in [0, 0.05) is 19.6 Å². The van der Waals surface area contributed by atoms with Crippen molar-refractivity contribution >= 4 is 15.9 Å². The second-order valence-corrected chi connectivity index (χ2v) is 9.86. The van der Waals surface area contributed by atoms with E-state index in [2.05, 4.69) is 17.5 Å². The molecule has 1 saturated heterocycles. The molecule has 2 heterocycles. The van der Waals surface area contributed by atoms with Crippen molar-refractivity contribution in [3.63, 3.8) is 0 Å². The zero-order valence-electron chi connectivity index (χ0n) is 16.5. The van der Waals surface area contributed by atoms with Crippen LogP contribution in [0.25, 0.3) is 0 Å². The topological polar surface area (TPSA) is 75.7 Å². The third-order valence-electron chi connectivity index (χ3n) is 5.69. The van der Waals surface area contributed by atoms with Gasteiger partial charge in [-0.15, -0.1) is 0 Å². The Hall–Kier alpha value is -1.86. The molecule has 28 heavy (non-hydrogen) atoms. The molecule has 1 N–H and O–H groups in total. The number of hydrogen-bond acceptors (Lipinski definition) is 4. The van der Waals surface area contributed by atoms with Gasteiger partial charge in [0.1, 0.15) is 5.75 Å². The Morgan fingerprint density at radius 2 is 1.93 bits per heavy atom. The van der Waals surface area contributed by atoms with Gasteiger partial charge in [-0.3, -0.25) is 4.79 Å². The Balaban J connectivity index is 1.72. The number of sulfonamides is 1. The van der Waals surface area contributed by atoms with Gasteiger partial charge in [0.25, 0.3) is 5.91 Å². The predicted octanol–water partition coefficient (Wildman–Crippen LogP) is 2.51. The van der Waals surface area contributed by atoms with E-state index in [1.54, 1.807) is 4.31 Å². The van der Waals surface area contributed by atoms with Gasteiger partial charge in [-0.1, -0.05) is 37.3 Å². The van der Waals surface area contributed by atoms with E-state index in [9.17, 15) is 13.2 Å². The predicted molar refractivity (Wildman–Crippen MR) is 110 cm³/mol. The molecule has 1 spiro atoms. The van der Waals surface area contributed by atoms with Gasteiger partial charge >= 0.3 is 0 Å². The summed E-state index contributed by atoms with van der Waals surface area (Å²) in [5, 5.41) is 3.00. The van der Waals surface area contributed by atoms with Crippen LogP contribution >= 0.6 is 0 Å². The number of fused-ring (bicyclic) bond motifs is 1. The first-order chi connectivity index (χ1) is 13.4. The average molecular weight is 407 g/mol. The monoisotopic (exact) mass is 406 g/mol. The Morgan fingerprint density at radius 1 is 1.18 bits per heavy atom. The average Bonchev–Trinajstić information content (AvgIpc) is 2.68. The lowest BCUT2D eigenvalue weighted by Crippen LogP contribution is -2.48. The molecule has 0 saturated carbocycles. The van der Waals surface area contributed by atoms with Crippen molar-refractivity contribution < 1.29 is 17.9 Å². The van der Waals surface area contributed by atoms with E-state index in [0.717, 1.165) is 37.0 Å². The number of rotatable bonds is 3. The van der Waals surface area contributed by atoms with Crippen LogP contribution in [0.1, 0.15) is 38.2 Å². The number of ether oxygens (including phenoxy) is 1. The molecule has 2 aliphatic heterocycles. The molecule has 1 fully saturated rings. The summed E-state index contributed by atoms with van der Waals surface area (Å²) in [6.07, 6.45) is 8.03. The summed E-state index contributed by atoms with van der Waals surface area (Å²) in [4.78, 5) is 12.3. The molecular formula is C21H30N2O4S. The SMILES string of the molecule is CCCS(=O)(=O)N1CCC2(C/C=C/Cc3ccccc3OCC(=O)NC2)CC1. The molecule has 0 aliphatic carbocycles. The summed E-state index contributed by atoms with van der Waals surface area (Å²) in [5.74, 6) is 0.805. The summed E-state index contributed by atoms with van der Waals surface area (Å²) in [7, 11) is -3.16. The van der Waals surface area contributed by atoms with E-state index in [1.165, 1.54) is 0 Å². The highest BCUT2D eigenvalue weighted by Gasteiger charge is 2.37. The van der Waals surface area contributed by atoms with Gasteiger partial charge < -0.3 is 10.1 Å². The Kier molecular flexibility index (Phi) is 6.78. The van der Waals surface area contributed by atoms with Gasteiger partial charge in [-0.25, -0.2) is 12.7 Å². The number of para-hydroxylation sites is 1. The second-order valence-electron chi connectivity index (χ2n) is 7.77. The quantitative estimate of drug-likeness (QED) is 0.783. The van der Waals surface area contributed by atoms with Crippen molar-refractivity contribution in [3.8, 4) is 5.75 Å². The fourth-order valence-corrected chi connectivity index (χ4v) is 5.43. The smallest absolute Gasteiger partial charge is 0.257 e. The molecule has 7 heteroatoms. The second kappa shape index (κ2) is 9.09. The number of nitrogens with one attached hydrogen (secondary N) is 1. The van der Waals surface area contributed by atoms with Crippen LogP contribution < -0.4 is 10.1 Å². The molecule has 2 aliphatic rings. The van der Waals surface area contributed by atoms with Gasteiger partial charge in [0.2, 0.25) is 10.0 Å². The first-order valence-electron chi connectivity index (χ1n) is 10.0. The maximum atomic E-state index is 12.4. The van der Waals surface area contributed by atoms with Gasteiger partial charge in [0.05, 0.1) is 5.75 Å². The van der Waals surface area contributed by atoms with E-state index < -0.39 is 10.0 Å². The lowest BCUT2D eigenvalue weighted by molar-refractivity contribution is -0.123. The lowest BCUT2D eigenvalue weighted by atomic mass is 9.76. The van der Waals surface area contributed by atoms with E-state index in [1.807, 2.05) is 31.2 Å². The largest absolute Gasteiger partial charge is 0.483 e. The van der Waals surface area contributed by atoms with Crippen molar-refractivity contribution in [1.29, 1.82) is 0 Å². The fraction of sp³-hybridized carbons (Fsp3) is 0.571. The number of benzene rings is 1. The highest BCUT2D eigenvalue weighted by molar-refractivity contribution is 7.89. The molecule has 1 amide bonds. The number of allylic oxidation sites excluding steroid dienone is 2. The molecule has 0 radical (unpaired) electrons. The van der Waals surface area contributed by atoms with Gasteiger partial charge in [0.15, 0.2) is 6.61 Å². The molecule has 1 aromatic rings. The fourth-order valence-electron chi connectivity index (χ4n) is 3.92. The van der Waals surface area contributed by atoms with E-state index >= 15 is 0 Å². The minimum Gasteiger partial charge on any atom is -0.483 e. The van der Waals surface area contributed by atoms with E-state index in [-0.39, 0.29) is 23.7 Å². The van der Waals surface area contributed by atoms with Crippen molar-refractivity contribution in [2.45, 2.75) is 39.0 Å². The van der Waals surface area contributed by atoms with Crippen LogP contribution in [0.5, 0.6) is 5.75 Å². The van der Waals surface area contributed by atoms with Crippen LogP contribution in [0, 0.1) is 5.41 Å². The summed E-state index contributed by atoms with van der Waals surface area (Å²) < 4.78 is 32.0. The molecule has 3 rings (SSSR count). The highest BCUT2D eigenvalue weighted by Crippen LogP contribution is 2.36. The zero-order valence-corrected chi connectivity index (χ0v) is 17.3. The number of piperidine rings is 1. The molecule has 154 valence electrons. The van der Waals surface area contributed by atoms with Crippen molar-refractivity contribution in [1.82, 2.24) is 9.62 Å². The molecule has 0 aromatic heterocycles. The zero-order chi connectivity index (χ0) is 20.0. The highest BCUT2D eigenvalue weighted by atomic mass is 32.2. The minimum atomic E-state index is -3.16. The number of nitrogens with zero attached hydrogens (tertiary/aromatic N) is 1. The molecule has 6 nitrogen and oxygen atoms in total. The standard InChI is InChI=1S/C21H30N2O4S/c1-2-15-28(25,26)23-13-11-21(12-14-23)10-6-5-8-18-7-3-4-9-19(18)27-16-20(24)22-17-21/h3-7,9H,2,8,10-17H2,1H3,(H,22,24)/b6-5+. The van der Waals surface area contributed by atoms with Gasteiger partial charge in [-0.2, -0.15) is 0 Å². The third-order valence-corrected chi connectivity index (χ3v) is 7.76. The number of carbonyl (C=O) groups excluding carboxylic acids is 1. The maximum Gasteiger partial charge on any atom is 0.257 e. The molecule has 0 unspecified atom stereocenters. The Bertz CT molecular complexity index is 811. The van der Waals surface area contributed by atoms with Crippen molar-refractivity contribution in [2.24, 2.45) is 5.41 Å². The molecule has 0 atom stereocenters. The minimum absolute atomic E-state index is 0.00614.